The van der Waals surface area contributed by atoms with Gasteiger partial charge in [0.25, 0.3) is 0 Å². The van der Waals surface area contributed by atoms with Crippen LogP contribution in [-0.4, -0.2) is 87.3 Å². The summed E-state index contributed by atoms with van der Waals surface area (Å²) in [7, 11) is 1.73. The predicted molar refractivity (Wildman–Crippen MR) is 189 cm³/mol. The number of phenols is 1. The van der Waals surface area contributed by atoms with Gasteiger partial charge in [0.15, 0.2) is 5.82 Å². The Hall–Kier alpha value is -4.74. The van der Waals surface area contributed by atoms with Gasteiger partial charge in [0.1, 0.15) is 28.4 Å². The third-order valence-corrected chi connectivity index (χ3v) is 12.3. The van der Waals surface area contributed by atoms with Crippen LogP contribution in [-0.2, 0) is 7.05 Å². The lowest BCUT2D eigenvalue weighted by atomic mass is 9.91. The number of halogens is 5. The molecule has 5 heterocycles. The lowest BCUT2D eigenvalue weighted by Crippen LogP contribution is -2.51. The molecule has 3 aromatic carbocycles. The SMILES string of the molecule is C#Cc1c(F)ccc2cc(O)cc(-c3c(F)c4nc(OCC5(CN6C[C@@H]7C(C(F)(F)F)[C@@H]7C6)CC5)nc(N5CC6CCC(C5)N6)c4c4cn(C)nc34)c12. The van der Waals surface area contributed by atoms with Gasteiger partial charge in [-0.15, -0.1) is 6.42 Å². The van der Waals surface area contributed by atoms with E-state index >= 15 is 8.78 Å². The van der Waals surface area contributed by atoms with Gasteiger partial charge < -0.3 is 25.0 Å². The molecule has 10 rings (SSSR count). The van der Waals surface area contributed by atoms with Crippen LogP contribution in [0.2, 0.25) is 0 Å². The van der Waals surface area contributed by atoms with E-state index in [1.807, 2.05) is 0 Å². The highest BCUT2D eigenvalue weighted by Crippen LogP contribution is 2.60. The Balaban J connectivity index is 1.09. The summed E-state index contributed by atoms with van der Waals surface area (Å²) in [6.45, 7) is 3.03. The summed E-state index contributed by atoms with van der Waals surface area (Å²) in [5.74, 6) is -0.463. The second kappa shape index (κ2) is 11.4. The number of anilines is 1. The number of aromatic nitrogens is 4. The second-order valence-corrected chi connectivity index (χ2v) is 15.9. The first-order valence-corrected chi connectivity index (χ1v) is 18.1. The van der Waals surface area contributed by atoms with Crippen LogP contribution in [0.3, 0.4) is 0 Å². The zero-order valence-electron chi connectivity index (χ0n) is 28.9. The van der Waals surface area contributed by atoms with Crippen LogP contribution in [0.15, 0.2) is 30.5 Å². The van der Waals surface area contributed by atoms with Gasteiger partial charge in [-0.1, -0.05) is 12.0 Å². The molecule has 14 heteroatoms. The highest BCUT2D eigenvalue weighted by molar-refractivity contribution is 6.18. The number of nitrogens with one attached hydrogen (secondary N) is 1. The molecule has 2 saturated carbocycles. The number of benzene rings is 3. The van der Waals surface area contributed by atoms with Crippen LogP contribution in [0.5, 0.6) is 11.8 Å². The Morgan fingerprint density at radius 1 is 1.02 bits per heavy atom. The number of ether oxygens (including phenoxy) is 1. The van der Waals surface area contributed by atoms with Gasteiger partial charge in [0, 0.05) is 79.8 Å². The van der Waals surface area contributed by atoms with Gasteiger partial charge in [-0.25, -0.2) is 8.78 Å². The maximum Gasteiger partial charge on any atom is 0.392 e. The summed E-state index contributed by atoms with van der Waals surface area (Å²) < 4.78 is 80.6. The van der Waals surface area contributed by atoms with Crippen molar-refractivity contribution in [3.05, 3.63) is 47.7 Å². The van der Waals surface area contributed by atoms with E-state index in [1.165, 1.54) is 24.3 Å². The molecule has 3 unspecified atom stereocenters. The number of hydrogen-bond acceptors (Lipinski definition) is 8. The smallest absolute Gasteiger partial charge is 0.392 e. The third-order valence-electron chi connectivity index (χ3n) is 12.3. The number of fused-ring (bicyclic) bond motifs is 7. The number of piperidine rings is 1. The molecule has 53 heavy (non-hydrogen) atoms. The van der Waals surface area contributed by atoms with E-state index in [4.69, 9.17) is 21.1 Å². The van der Waals surface area contributed by atoms with E-state index in [9.17, 15) is 18.3 Å². The maximum atomic E-state index is 17.6. The normalized spacial score (nSPS) is 26.1. The minimum Gasteiger partial charge on any atom is -0.508 e. The number of terminal acetylenes is 1. The van der Waals surface area contributed by atoms with E-state index in [2.05, 4.69) is 26.1 Å². The zero-order valence-corrected chi connectivity index (χ0v) is 28.9. The molecule has 2 aliphatic carbocycles. The topological polar surface area (TPSA) is 91.6 Å². The average Bonchev–Trinajstić information content (AvgIpc) is 3.88. The zero-order chi connectivity index (χ0) is 36.6. The van der Waals surface area contributed by atoms with E-state index < -0.39 is 23.7 Å². The summed E-state index contributed by atoms with van der Waals surface area (Å²) in [5.41, 5.74) is 0.140. The number of rotatable bonds is 7. The number of aryl methyl sites for hydroxylation is 1. The molecule has 0 radical (unpaired) electrons. The van der Waals surface area contributed by atoms with Gasteiger partial charge in [0.05, 0.1) is 23.5 Å². The fourth-order valence-corrected chi connectivity index (χ4v) is 9.63. The summed E-state index contributed by atoms with van der Waals surface area (Å²) in [6, 6.07) is 6.00. The molecule has 2 aromatic heterocycles. The molecular weight excluding hydrogens is 693 g/mol. The number of piperazine rings is 1. The second-order valence-electron chi connectivity index (χ2n) is 15.9. The fourth-order valence-electron chi connectivity index (χ4n) is 9.63. The largest absolute Gasteiger partial charge is 0.508 e. The molecule has 5 aliphatic rings. The Labute approximate surface area is 301 Å². The van der Waals surface area contributed by atoms with Crippen molar-refractivity contribution in [2.24, 2.45) is 30.2 Å². The van der Waals surface area contributed by atoms with Gasteiger partial charge >= 0.3 is 12.2 Å². The van der Waals surface area contributed by atoms with Crippen molar-refractivity contribution in [2.45, 2.75) is 43.9 Å². The van der Waals surface area contributed by atoms with Gasteiger partial charge in [-0.05, 0) is 66.7 Å². The van der Waals surface area contributed by atoms with E-state index in [0.717, 1.165) is 25.7 Å². The van der Waals surface area contributed by atoms with Crippen molar-refractivity contribution in [1.82, 2.24) is 30.0 Å². The molecule has 5 atom stereocenters. The maximum absolute atomic E-state index is 17.6. The predicted octanol–water partition coefficient (Wildman–Crippen LogP) is 6.14. The molecule has 0 spiro atoms. The first-order valence-electron chi connectivity index (χ1n) is 18.1. The van der Waals surface area contributed by atoms with Crippen molar-refractivity contribution in [2.75, 3.05) is 44.2 Å². The third kappa shape index (κ3) is 5.29. The summed E-state index contributed by atoms with van der Waals surface area (Å²) >= 11 is 0. The Morgan fingerprint density at radius 2 is 1.75 bits per heavy atom. The summed E-state index contributed by atoms with van der Waals surface area (Å²) in [6.07, 6.45) is 7.17. The van der Waals surface area contributed by atoms with Crippen molar-refractivity contribution < 1.29 is 31.8 Å². The van der Waals surface area contributed by atoms with E-state index in [-0.39, 0.29) is 80.8 Å². The lowest BCUT2D eigenvalue weighted by molar-refractivity contribution is -0.157. The number of hydrogen-bond donors (Lipinski definition) is 2. The van der Waals surface area contributed by atoms with E-state index in [1.54, 1.807) is 17.9 Å². The molecule has 2 bridgehead atoms. The number of aromatic hydroxyl groups is 1. The minimum absolute atomic E-state index is 0.00438. The van der Waals surface area contributed by atoms with Crippen LogP contribution in [0.1, 0.15) is 31.2 Å². The van der Waals surface area contributed by atoms with Gasteiger partial charge in [-0.2, -0.15) is 28.2 Å². The lowest BCUT2D eigenvalue weighted by Gasteiger charge is -2.34. The number of alkyl halides is 3. The number of phenolic OH excluding ortho intramolecular Hbond substituents is 1. The monoisotopic (exact) mass is 729 g/mol. The summed E-state index contributed by atoms with van der Waals surface area (Å²) in [5, 5.41) is 20.9. The van der Waals surface area contributed by atoms with Crippen LogP contribution >= 0.6 is 0 Å². The fraction of sp³-hybridized carbons (Fsp3) is 0.462. The quantitative estimate of drug-likeness (QED) is 0.153. The first kappa shape index (κ1) is 32.9. The average molecular weight is 730 g/mol. The molecular formula is C39H36F5N7O2. The molecule has 0 amide bonds. The Bertz CT molecular complexity index is 2380. The highest BCUT2D eigenvalue weighted by Gasteiger charge is 2.67. The molecule has 3 saturated heterocycles. The van der Waals surface area contributed by atoms with Crippen LogP contribution in [0.4, 0.5) is 27.8 Å². The first-order chi connectivity index (χ1) is 25.4. The number of nitrogens with zero attached hydrogens (tertiary/aromatic N) is 6. The standard InChI is InChI=1S/C39H36F5N7O2/c1-3-23-28(40)7-4-19-10-22(52)11-24(29(19)23)30-33(41)35-31(27-14-49(2)48-34(27)30)36(51-12-20-5-6-21(13-51)45-20)47-37(46-35)53-18-38(8-9-38)17-50-15-25-26(16-50)32(25)39(42,43)44/h1,4,7,10-11,14,20-21,25-26,32,45,52H,5-6,8-9,12-13,15-18H2,2H3/t20?,21?,25-,26+,32?. The molecule has 3 aliphatic heterocycles. The Kier molecular flexibility index (Phi) is 7.06. The number of likely N-dealkylation sites (tertiary alicyclic amines) is 1. The van der Waals surface area contributed by atoms with Crippen LogP contribution in [0.25, 0.3) is 43.7 Å². The van der Waals surface area contributed by atoms with Crippen molar-refractivity contribution in [1.29, 1.82) is 0 Å². The van der Waals surface area contributed by atoms with Crippen molar-refractivity contribution >= 4 is 38.4 Å². The van der Waals surface area contributed by atoms with Gasteiger partial charge in [0.2, 0.25) is 0 Å². The molecule has 5 aromatic rings. The van der Waals surface area contributed by atoms with Crippen molar-refractivity contribution in [3.8, 4) is 35.2 Å². The Morgan fingerprint density at radius 3 is 2.43 bits per heavy atom. The molecule has 9 nitrogen and oxygen atoms in total. The van der Waals surface area contributed by atoms with Crippen molar-refractivity contribution in [3.63, 3.8) is 0 Å². The highest BCUT2D eigenvalue weighted by atomic mass is 19.4. The van der Waals surface area contributed by atoms with Crippen LogP contribution in [0, 0.1) is 47.1 Å². The van der Waals surface area contributed by atoms with E-state index in [0.29, 0.717) is 54.7 Å². The molecule has 2 N–H and O–H groups in total. The van der Waals surface area contributed by atoms with Crippen LogP contribution < -0.4 is 15.0 Å². The summed E-state index contributed by atoms with van der Waals surface area (Å²) in [4.78, 5) is 13.9. The molecule has 274 valence electrons. The van der Waals surface area contributed by atoms with Gasteiger partial charge in [-0.3, -0.25) is 4.68 Å². The minimum atomic E-state index is -4.14. The molecule has 5 fully saturated rings.